The minimum Gasteiger partial charge on any atom is -0.358 e. The van der Waals surface area contributed by atoms with Gasteiger partial charge in [0.05, 0.1) is 0 Å². The zero-order chi connectivity index (χ0) is 17.8. The van der Waals surface area contributed by atoms with Crippen LogP contribution in [0.3, 0.4) is 0 Å². The summed E-state index contributed by atoms with van der Waals surface area (Å²) in [5, 5.41) is 8.34. The van der Waals surface area contributed by atoms with Crippen LogP contribution in [0.15, 0.2) is 35.4 Å². The van der Waals surface area contributed by atoms with E-state index in [1.807, 2.05) is 38.2 Å². The van der Waals surface area contributed by atoms with Crippen molar-refractivity contribution in [1.82, 2.24) is 25.1 Å². The van der Waals surface area contributed by atoms with E-state index < -0.39 is 0 Å². The first-order chi connectivity index (χ1) is 12.1. The highest BCUT2D eigenvalue weighted by Gasteiger charge is 2.11. The second kappa shape index (κ2) is 7.61. The molecule has 0 bridgehead atoms. The molecule has 0 fully saturated rings. The van der Waals surface area contributed by atoms with Gasteiger partial charge in [0.2, 0.25) is 0 Å². The van der Waals surface area contributed by atoms with Crippen LogP contribution in [0.4, 0.5) is 0 Å². The van der Waals surface area contributed by atoms with Gasteiger partial charge in [-0.1, -0.05) is 12.1 Å². The third kappa shape index (κ3) is 3.96. The van der Waals surface area contributed by atoms with E-state index >= 15 is 0 Å². The number of nitrogens with zero attached hydrogens (tertiary/aromatic N) is 3. The van der Waals surface area contributed by atoms with E-state index in [1.54, 1.807) is 11.0 Å². The van der Waals surface area contributed by atoms with E-state index in [9.17, 15) is 4.79 Å². The Balaban J connectivity index is 1.58. The average Bonchev–Trinajstić information content (AvgIpc) is 3.00. The number of H-pyrrole nitrogens is 1. The zero-order valence-corrected chi connectivity index (χ0v) is 15.0. The van der Waals surface area contributed by atoms with Crippen LogP contribution in [0, 0.1) is 6.92 Å². The van der Waals surface area contributed by atoms with Gasteiger partial charge in [-0.15, -0.1) is 0 Å². The molecule has 1 atom stereocenters. The first-order valence-electron chi connectivity index (χ1n) is 8.73. The summed E-state index contributed by atoms with van der Waals surface area (Å²) in [6.45, 7) is 4.98. The van der Waals surface area contributed by atoms with E-state index in [-0.39, 0.29) is 5.43 Å². The lowest BCUT2D eigenvalue weighted by molar-refractivity contribution is 0.508. The van der Waals surface area contributed by atoms with Gasteiger partial charge >= 0.3 is 0 Å². The van der Waals surface area contributed by atoms with Gasteiger partial charge in [0.1, 0.15) is 12.2 Å². The molecule has 132 valence electrons. The van der Waals surface area contributed by atoms with Crippen LogP contribution >= 0.6 is 0 Å². The number of para-hydroxylation sites is 1. The van der Waals surface area contributed by atoms with Crippen molar-refractivity contribution in [3.63, 3.8) is 0 Å². The first kappa shape index (κ1) is 17.4. The Labute approximate surface area is 147 Å². The fraction of sp³-hybridized carbons (Fsp3) is 0.421. The summed E-state index contributed by atoms with van der Waals surface area (Å²) in [5.41, 5.74) is 2.91. The van der Waals surface area contributed by atoms with Crippen molar-refractivity contribution in [3.8, 4) is 0 Å². The molecule has 3 rings (SSSR count). The van der Waals surface area contributed by atoms with Crippen molar-refractivity contribution in [2.24, 2.45) is 7.05 Å². The second-order valence-corrected chi connectivity index (χ2v) is 6.55. The molecule has 0 amide bonds. The van der Waals surface area contributed by atoms with Crippen molar-refractivity contribution in [2.45, 2.75) is 39.2 Å². The lowest BCUT2D eigenvalue weighted by Crippen LogP contribution is -2.29. The molecule has 2 aromatic heterocycles. The Morgan fingerprint density at radius 2 is 2.08 bits per heavy atom. The molecular formula is C19H25N5O. The highest BCUT2D eigenvalue weighted by Crippen LogP contribution is 2.12. The fourth-order valence-electron chi connectivity index (χ4n) is 3.14. The number of aromatic nitrogens is 4. The first-order valence-corrected chi connectivity index (χ1v) is 8.73. The zero-order valence-electron chi connectivity index (χ0n) is 15.0. The van der Waals surface area contributed by atoms with Crippen LogP contribution < -0.4 is 10.7 Å². The summed E-state index contributed by atoms with van der Waals surface area (Å²) in [6, 6.07) is 8.02. The van der Waals surface area contributed by atoms with Gasteiger partial charge in [-0.3, -0.25) is 9.48 Å². The SMILES string of the molecule is Cc1[nH]c2ccccc2c(=O)c1CCC(C)NCCc1ncnn1C. The number of hydrogen-bond donors (Lipinski definition) is 2. The number of nitrogens with one attached hydrogen (secondary N) is 2. The maximum Gasteiger partial charge on any atom is 0.192 e. The molecule has 6 heteroatoms. The average molecular weight is 339 g/mol. The Morgan fingerprint density at radius 1 is 1.28 bits per heavy atom. The predicted molar refractivity (Wildman–Crippen MR) is 99.8 cm³/mol. The largest absolute Gasteiger partial charge is 0.358 e. The summed E-state index contributed by atoms with van der Waals surface area (Å²) in [5.74, 6) is 0.974. The minimum atomic E-state index is 0.151. The minimum absolute atomic E-state index is 0.151. The molecule has 0 saturated carbocycles. The third-order valence-electron chi connectivity index (χ3n) is 4.69. The lowest BCUT2D eigenvalue weighted by atomic mass is 10.0. The topological polar surface area (TPSA) is 75.6 Å². The molecule has 0 spiro atoms. The molecule has 3 aromatic rings. The van der Waals surface area contributed by atoms with Crippen LogP contribution in [-0.4, -0.2) is 32.3 Å². The van der Waals surface area contributed by atoms with E-state index in [2.05, 4.69) is 27.3 Å². The van der Waals surface area contributed by atoms with Crippen LogP contribution in [0.5, 0.6) is 0 Å². The molecule has 2 N–H and O–H groups in total. The molecule has 6 nitrogen and oxygen atoms in total. The maximum atomic E-state index is 12.7. The van der Waals surface area contributed by atoms with Crippen LogP contribution in [0.25, 0.3) is 10.9 Å². The van der Waals surface area contributed by atoms with Gasteiger partial charge in [0.15, 0.2) is 5.43 Å². The summed E-state index contributed by atoms with van der Waals surface area (Å²) in [4.78, 5) is 20.3. The van der Waals surface area contributed by atoms with Crippen LogP contribution in [-0.2, 0) is 19.9 Å². The van der Waals surface area contributed by atoms with Gasteiger partial charge in [-0.25, -0.2) is 4.98 Å². The monoisotopic (exact) mass is 339 g/mol. The highest BCUT2D eigenvalue weighted by molar-refractivity contribution is 5.79. The van der Waals surface area contributed by atoms with Crippen molar-refractivity contribution in [2.75, 3.05) is 6.54 Å². The van der Waals surface area contributed by atoms with Crippen molar-refractivity contribution in [3.05, 3.63) is 57.9 Å². The molecule has 1 unspecified atom stereocenters. The van der Waals surface area contributed by atoms with Crippen molar-refractivity contribution >= 4 is 10.9 Å². The van der Waals surface area contributed by atoms with Gasteiger partial charge in [0, 0.05) is 48.2 Å². The summed E-state index contributed by atoms with van der Waals surface area (Å²) < 4.78 is 1.80. The summed E-state index contributed by atoms with van der Waals surface area (Å²) in [6.07, 6.45) is 4.11. The molecule has 1 aromatic carbocycles. The molecular weight excluding hydrogens is 314 g/mol. The van der Waals surface area contributed by atoms with Crippen molar-refractivity contribution in [1.29, 1.82) is 0 Å². The third-order valence-corrected chi connectivity index (χ3v) is 4.69. The van der Waals surface area contributed by atoms with Crippen LogP contribution in [0.1, 0.15) is 30.4 Å². The number of benzene rings is 1. The Hall–Kier alpha value is -2.47. The predicted octanol–water partition coefficient (Wildman–Crippen LogP) is 2.12. The number of pyridine rings is 1. The van der Waals surface area contributed by atoms with Gasteiger partial charge in [-0.2, -0.15) is 5.10 Å². The summed E-state index contributed by atoms with van der Waals surface area (Å²) >= 11 is 0. The quantitative estimate of drug-likeness (QED) is 0.691. The smallest absolute Gasteiger partial charge is 0.192 e. The number of aryl methyl sites for hydroxylation is 2. The Morgan fingerprint density at radius 3 is 2.84 bits per heavy atom. The Kier molecular flexibility index (Phi) is 5.28. The summed E-state index contributed by atoms with van der Waals surface area (Å²) in [7, 11) is 1.90. The van der Waals surface area contributed by atoms with Crippen molar-refractivity contribution < 1.29 is 0 Å². The normalized spacial score (nSPS) is 12.6. The second-order valence-electron chi connectivity index (χ2n) is 6.55. The van der Waals surface area contributed by atoms with E-state index in [1.165, 1.54) is 0 Å². The number of hydrogen-bond acceptors (Lipinski definition) is 4. The number of fused-ring (bicyclic) bond motifs is 1. The van der Waals surface area contributed by atoms with Crippen LogP contribution in [0.2, 0.25) is 0 Å². The molecule has 0 aliphatic rings. The standard InChI is InChI=1S/C19H25N5O/c1-13(20-11-10-18-21-12-22-24(18)3)8-9-15-14(2)23-17-7-5-4-6-16(17)19(15)25/h4-7,12-13,20H,8-11H2,1-3H3,(H,23,25). The molecule has 0 aliphatic heterocycles. The van der Waals surface area contributed by atoms with E-state index in [0.717, 1.165) is 53.8 Å². The number of aromatic amines is 1. The fourth-order valence-corrected chi connectivity index (χ4v) is 3.14. The van der Waals surface area contributed by atoms with Gasteiger partial charge < -0.3 is 10.3 Å². The maximum absolute atomic E-state index is 12.7. The van der Waals surface area contributed by atoms with Gasteiger partial charge in [-0.05, 0) is 38.8 Å². The Bertz CT molecular complexity index is 912. The number of rotatable bonds is 7. The molecule has 0 radical (unpaired) electrons. The van der Waals surface area contributed by atoms with Gasteiger partial charge in [0.25, 0.3) is 0 Å². The molecule has 2 heterocycles. The molecule has 25 heavy (non-hydrogen) atoms. The lowest BCUT2D eigenvalue weighted by Gasteiger charge is -2.14. The highest BCUT2D eigenvalue weighted by atomic mass is 16.1. The van der Waals surface area contributed by atoms with E-state index in [0.29, 0.717) is 6.04 Å². The molecule has 0 saturated heterocycles. The molecule has 0 aliphatic carbocycles. The van der Waals surface area contributed by atoms with E-state index in [4.69, 9.17) is 0 Å².